The molecule has 4 aromatic carbocycles. The lowest BCUT2D eigenvalue weighted by molar-refractivity contribution is 0.0958. The van der Waals surface area contributed by atoms with E-state index in [2.05, 4.69) is 10.6 Å². The molecule has 0 saturated heterocycles. The first kappa shape index (κ1) is 23.4. The molecule has 0 unspecified atom stereocenters. The fourth-order valence-corrected chi connectivity index (χ4v) is 5.02. The number of aromatic nitrogens is 2. The monoisotopic (exact) mass is 498 g/mol. The second kappa shape index (κ2) is 9.82. The number of aryl methyl sites for hydroxylation is 1. The summed E-state index contributed by atoms with van der Waals surface area (Å²) in [5.74, 6) is 0.301. The molecule has 0 spiro atoms. The quantitative estimate of drug-likeness (QED) is 0.299. The molecule has 1 aromatic heterocycles. The molecule has 0 atom stereocenters. The smallest absolute Gasteiger partial charge is 0.263 e. The average Bonchev–Trinajstić information content (AvgIpc) is 3.18. The van der Waals surface area contributed by atoms with Gasteiger partial charge in [-0.05, 0) is 54.4 Å². The Morgan fingerprint density at radius 1 is 0.816 bits per heavy atom. The Bertz CT molecular complexity index is 1650. The molecule has 186 valence electrons. The van der Waals surface area contributed by atoms with Crippen LogP contribution in [0.5, 0.6) is 0 Å². The van der Waals surface area contributed by atoms with Crippen LogP contribution in [0.1, 0.15) is 32.2 Å². The molecule has 0 aliphatic carbocycles. The van der Waals surface area contributed by atoms with Crippen molar-refractivity contribution in [2.75, 3.05) is 17.2 Å². The third kappa shape index (κ3) is 4.26. The number of fused-ring (bicyclic) bond motifs is 3. The van der Waals surface area contributed by atoms with Crippen molar-refractivity contribution in [1.82, 2.24) is 9.55 Å². The van der Waals surface area contributed by atoms with Crippen molar-refractivity contribution in [2.24, 2.45) is 0 Å². The average molecular weight is 499 g/mol. The number of nitrogens with one attached hydrogen (secondary N) is 2. The largest absolute Gasteiger partial charge is 0.384 e. The maximum absolute atomic E-state index is 13.7. The summed E-state index contributed by atoms with van der Waals surface area (Å²) in [5, 5.41) is 6.41. The number of hydrogen-bond donors (Lipinski definition) is 2. The maximum atomic E-state index is 13.7. The Balaban J connectivity index is 1.27. The standard InChI is InChI=1S/C32H26N4O2/c1-21-34-29-19-20-33-28-14-8-7-13-27(28)30(29)36(21)32(38)23-15-17-24(18-16-23)35-31(37)26-12-6-5-11-25(26)22-9-3-2-4-10-22/h2-18,33H,19-20H2,1H3,(H,35,37). The number of carbonyl (C=O) groups is 2. The van der Waals surface area contributed by atoms with Crippen LogP contribution in [0.4, 0.5) is 11.4 Å². The second-order valence-corrected chi connectivity index (χ2v) is 9.26. The van der Waals surface area contributed by atoms with Gasteiger partial charge in [0.2, 0.25) is 0 Å². The first-order chi connectivity index (χ1) is 18.6. The highest BCUT2D eigenvalue weighted by atomic mass is 16.2. The molecule has 2 N–H and O–H groups in total. The van der Waals surface area contributed by atoms with E-state index in [9.17, 15) is 9.59 Å². The van der Waals surface area contributed by atoms with E-state index in [-0.39, 0.29) is 11.8 Å². The molecular weight excluding hydrogens is 472 g/mol. The fourth-order valence-electron chi connectivity index (χ4n) is 5.02. The van der Waals surface area contributed by atoms with E-state index in [0.29, 0.717) is 22.6 Å². The first-order valence-electron chi connectivity index (χ1n) is 12.6. The Labute approximate surface area is 221 Å². The molecule has 1 aliphatic heterocycles. The van der Waals surface area contributed by atoms with Crippen molar-refractivity contribution in [3.63, 3.8) is 0 Å². The molecule has 38 heavy (non-hydrogen) atoms. The minimum absolute atomic E-state index is 0.153. The van der Waals surface area contributed by atoms with Crippen LogP contribution in [-0.4, -0.2) is 27.9 Å². The summed E-state index contributed by atoms with van der Waals surface area (Å²) in [5.41, 5.74) is 7.27. The number of anilines is 2. The van der Waals surface area contributed by atoms with E-state index < -0.39 is 0 Å². The number of nitrogens with zero attached hydrogens (tertiary/aromatic N) is 2. The number of hydrogen-bond acceptors (Lipinski definition) is 4. The fraction of sp³-hybridized carbons (Fsp3) is 0.0938. The van der Waals surface area contributed by atoms with E-state index >= 15 is 0 Å². The second-order valence-electron chi connectivity index (χ2n) is 9.26. The number of para-hydroxylation sites is 1. The maximum Gasteiger partial charge on any atom is 0.263 e. The number of rotatable bonds is 4. The molecule has 5 aromatic rings. The van der Waals surface area contributed by atoms with Crippen molar-refractivity contribution in [3.8, 4) is 22.4 Å². The highest BCUT2D eigenvalue weighted by Crippen LogP contribution is 2.34. The highest BCUT2D eigenvalue weighted by Gasteiger charge is 2.25. The first-order valence-corrected chi connectivity index (χ1v) is 12.6. The van der Waals surface area contributed by atoms with E-state index in [1.54, 1.807) is 28.8 Å². The third-order valence-corrected chi connectivity index (χ3v) is 6.83. The van der Waals surface area contributed by atoms with E-state index in [4.69, 9.17) is 4.98 Å². The van der Waals surface area contributed by atoms with Gasteiger partial charge in [0.25, 0.3) is 11.8 Å². The van der Waals surface area contributed by atoms with Gasteiger partial charge in [0.15, 0.2) is 0 Å². The van der Waals surface area contributed by atoms with Crippen molar-refractivity contribution in [1.29, 1.82) is 0 Å². The molecule has 6 rings (SSSR count). The minimum Gasteiger partial charge on any atom is -0.384 e. The highest BCUT2D eigenvalue weighted by molar-refractivity contribution is 6.09. The van der Waals surface area contributed by atoms with Crippen molar-refractivity contribution in [2.45, 2.75) is 13.3 Å². The lowest BCUT2D eigenvalue weighted by Gasteiger charge is -2.13. The van der Waals surface area contributed by atoms with Gasteiger partial charge in [-0.15, -0.1) is 0 Å². The predicted molar refractivity (Wildman–Crippen MR) is 151 cm³/mol. The summed E-state index contributed by atoms with van der Waals surface area (Å²) in [6.07, 6.45) is 0.737. The van der Waals surface area contributed by atoms with Crippen LogP contribution in [0.2, 0.25) is 0 Å². The predicted octanol–water partition coefficient (Wildman–Crippen LogP) is 6.43. The van der Waals surface area contributed by atoms with Gasteiger partial charge in [0, 0.05) is 41.0 Å². The molecule has 1 amide bonds. The molecular formula is C32H26N4O2. The minimum atomic E-state index is -0.205. The van der Waals surface area contributed by atoms with Crippen LogP contribution in [0, 0.1) is 6.92 Å². The Kier molecular flexibility index (Phi) is 6.06. The topological polar surface area (TPSA) is 76.0 Å². The number of carbonyl (C=O) groups excluding carboxylic acids is 2. The van der Waals surface area contributed by atoms with Gasteiger partial charge < -0.3 is 10.6 Å². The van der Waals surface area contributed by atoms with E-state index in [1.807, 2.05) is 85.8 Å². The zero-order valence-electron chi connectivity index (χ0n) is 20.9. The molecule has 0 fully saturated rings. The van der Waals surface area contributed by atoms with Gasteiger partial charge in [-0.25, -0.2) is 4.98 Å². The third-order valence-electron chi connectivity index (χ3n) is 6.83. The summed E-state index contributed by atoms with van der Waals surface area (Å²) in [6.45, 7) is 2.62. The summed E-state index contributed by atoms with van der Waals surface area (Å²) < 4.78 is 1.70. The van der Waals surface area contributed by atoms with Gasteiger partial charge in [0.1, 0.15) is 5.82 Å². The molecule has 6 nitrogen and oxygen atoms in total. The van der Waals surface area contributed by atoms with Crippen LogP contribution < -0.4 is 10.6 Å². The Morgan fingerprint density at radius 3 is 2.29 bits per heavy atom. The van der Waals surface area contributed by atoms with Crippen molar-refractivity contribution in [3.05, 3.63) is 126 Å². The number of imidazole rings is 1. The summed E-state index contributed by atoms with van der Waals surface area (Å²) in [7, 11) is 0. The lowest BCUT2D eigenvalue weighted by Crippen LogP contribution is -2.16. The molecule has 0 bridgehead atoms. The normalized spacial score (nSPS) is 12.0. The Hall–Kier alpha value is -4.97. The van der Waals surface area contributed by atoms with Crippen LogP contribution in [0.3, 0.4) is 0 Å². The van der Waals surface area contributed by atoms with Gasteiger partial charge in [-0.2, -0.15) is 0 Å². The lowest BCUT2D eigenvalue weighted by atomic mass is 9.99. The summed E-state index contributed by atoms with van der Waals surface area (Å²) in [4.78, 5) is 31.6. The molecule has 2 heterocycles. The molecule has 6 heteroatoms. The van der Waals surface area contributed by atoms with Crippen LogP contribution in [0.15, 0.2) is 103 Å². The molecule has 0 saturated carbocycles. The SMILES string of the molecule is Cc1nc2c(n1C(=O)c1ccc(NC(=O)c3ccccc3-c3ccccc3)cc1)-c1ccccc1NCC2. The number of benzene rings is 4. The van der Waals surface area contributed by atoms with E-state index in [1.165, 1.54) is 0 Å². The van der Waals surface area contributed by atoms with Gasteiger partial charge in [-0.1, -0.05) is 66.7 Å². The van der Waals surface area contributed by atoms with Crippen molar-refractivity contribution < 1.29 is 9.59 Å². The van der Waals surface area contributed by atoms with E-state index in [0.717, 1.165) is 46.7 Å². The van der Waals surface area contributed by atoms with Crippen molar-refractivity contribution >= 4 is 23.2 Å². The Morgan fingerprint density at radius 2 is 1.50 bits per heavy atom. The zero-order valence-corrected chi connectivity index (χ0v) is 20.9. The van der Waals surface area contributed by atoms with Gasteiger partial charge in [-0.3, -0.25) is 14.2 Å². The van der Waals surface area contributed by atoms with Crippen LogP contribution in [0.25, 0.3) is 22.4 Å². The van der Waals surface area contributed by atoms with Gasteiger partial charge in [0.05, 0.1) is 11.4 Å². The molecule has 1 aliphatic rings. The molecule has 0 radical (unpaired) electrons. The summed E-state index contributed by atoms with van der Waals surface area (Å²) >= 11 is 0. The number of amides is 1. The zero-order chi connectivity index (χ0) is 26.1. The van der Waals surface area contributed by atoms with Crippen LogP contribution in [-0.2, 0) is 6.42 Å². The summed E-state index contributed by atoms with van der Waals surface area (Å²) in [6, 6.07) is 32.4. The van der Waals surface area contributed by atoms with Crippen LogP contribution >= 0.6 is 0 Å². The van der Waals surface area contributed by atoms with Gasteiger partial charge >= 0.3 is 0 Å².